The summed E-state index contributed by atoms with van der Waals surface area (Å²) in [6.07, 6.45) is 4.98. The molecule has 2 saturated heterocycles. The van der Waals surface area contributed by atoms with Crippen LogP contribution in [0.5, 0.6) is 5.75 Å². The van der Waals surface area contributed by atoms with Crippen LogP contribution in [-0.4, -0.2) is 74.2 Å². The van der Waals surface area contributed by atoms with Crippen molar-refractivity contribution in [2.24, 2.45) is 0 Å². The molecule has 5 heteroatoms. The Hall–Kier alpha value is -1.43. The van der Waals surface area contributed by atoms with Crippen LogP contribution in [-0.2, 0) is 4.74 Å². The van der Waals surface area contributed by atoms with Crippen molar-refractivity contribution < 1.29 is 14.3 Å². The number of carbonyl (C=O) groups excluding carboxylic acids is 1. The topological polar surface area (TPSA) is 42.0 Å². The molecule has 1 aromatic rings. The smallest absolute Gasteiger partial charge is 0.176 e. The Kier molecular flexibility index (Phi) is 7.47. The van der Waals surface area contributed by atoms with Gasteiger partial charge in [-0.3, -0.25) is 9.69 Å². The fraction of sp³-hybridized carbons (Fsp3) is 0.667. The van der Waals surface area contributed by atoms with E-state index in [0.29, 0.717) is 6.54 Å². The summed E-state index contributed by atoms with van der Waals surface area (Å²) in [7, 11) is 0. The second kappa shape index (κ2) is 10.0. The van der Waals surface area contributed by atoms with E-state index in [4.69, 9.17) is 9.47 Å². The highest BCUT2D eigenvalue weighted by atomic mass is 16.5. The average Bonchev–Trinajstić information content (AvgIpc) is 3.14. The van der Waals surface area contributed by atoms with Crippen LogP contribution in [0.1, 0.15) is 43.0 Å². The highest BCUT2D eigenvalue weighted by Gasteiger charge is 2.21. The maximum absolute atomic E-state index is 12.4. The van der Waals surface area contributed by atoms with Crippen molar-refractivity contribution in [2.45, 2.75) is 38.6 Å². The molecule has 0 spiro atoms. The molecule has 1 unspecified atom stereocenters. The monoisotopic (exact) mass is 360 g/mol. The first kappa shape index (κ1) is 19.3. The number of ketones is 1. The van der Waals surface area contributed by atoms with Crippen molar-refractivity contribution in [1.82, 2.24) is 9.80 Å². The van der Waals surface area contributed by atoms with E-state index >= 15 is 0 Å². The van der Waals surface area contributed by atoms with E-state index in [1.807, 2.05) is 24.3 Å². The Bertz CT molecular complexity index is 555. The molecule has 2 aliphatic rings. The third kappa shape index (κ3) is 5.53. The zero-order valence-corrected chi connectivity index (χ0v) is 16.0. The zero-order chi connectivity index (χ0) is 18.2. The second-order valence-electron chi connectivity index (χ2n) is 7.28. The minimum Gasteiger partial charge on any atom is -0.494 e. The number of rotatable bonds is 9. The normalized spacial score (nSPS) is 21.8. The van der Waals surface area contributed by atoms with Gasteiger partial charge in [0.1, 0.15) is 5.75 Å². The lowest BCUT2D eigenvalue weighted by Crippen LogP contribution is -2.39. The summed E-state index contributed by atoms with van der Waals surface area (Å²) in [4.78, 5) is 17.1. The van der Waals surface area contributed by atoms with Crippen LogP contribution in [0.2, 0.25) is 0 Å². The van der Waals surface area contributed by atoms with Gasteiger partial charge >= 0.3 is 0 Å². The van der Waals surface area contributed by atoms with E-state index in [9.17, 15) is 4.79 Å². The Morgan fingerprint density at radius 2 is 1.96 bits per heavy atom. The summed E-state index contributed by atoms with van der Waals surface area (Å²) in [6.45, 7) is 8.94. The number of hydrogen-bond donors (Lipinski definition) is 0. The van der Waals surface area contributed by atoms with Crippen LogP contribution >= 0.6 is 0 Å². The number of morpholine rings is 1. The molecule has 26 heavy (non-hydrogen) atoms. The van der Waals surface area contributed by atoms with E-state index in [2.05, 4.69) is 16.7 Å². The van der Waals surface area contributed by atoms with Crippen LogP contribution < -0.4 is 4.74 Å². The molecule has 0 radical (unpaired) electrons. The minimum absolute atomic E-state index is 0.165. The van der Waals surface area contributed by atoms with E-state index < -0.39 is 0 Å². The molecule has 2 aliphatic heterocycles. The van der Waals surface area contributed by atoms with Gasteiger partial charge < -0.3 is 14.4 Å². The highest BCUT2D eigenvalue weighted by molar-refractivity contribution is 5.97. The minimum atomic E-state index is 0.165. The third-order valence-corrected chi connectivity index (χ3v) is 5.48. The van der Waals surface area contributed by atoms with Crippen molar-refractivity contribution in [2.75, 3.05) is 52.5 Å². The molecule has 0 saturated carbocycles. The first-order valence-corrected chi connectivity index (χ1v) is 10.1. The molecule has 0 aliphatic carbocycles. The molecule has 0 aromatic heterocycles. The summed E-state index contributed by atoms with van der Waals surface area (Å²) in [5.74, 6) is 1.01. The Morgan fingerprint density at radius 1 is 1.19 bits per heavy atom. The molecule has 2 heterocycles. The van der Waals surface area contributed by atoms with Crippen molar-refractivity contribution in [3.05, 3.63) is 29.8 Å². The molecule has 144 valence electrons. The van der Waals surface area contributed by atoms with Crippen molar-refractivity contribution in [3.8, 4) is 5.75 Å². The molecule has 3 rings (SSSR count). The van der Waals surface area contributed by atoms with Gasteiger partial charge in [0.05, 0.1) is 26.4 Å². The van der Waals surface area contributed by atoms with Crippen LogP contribution in [0, 0.1) is 0 Å². The van der Waals surface area contributed by atoms with Crippen LogP contribution in [0.15, 0.2) is 24.3 Å². The molecule has 1 aromatic carbocycles. The number of benzene rings is 1. The van der Waals surface area contributed by atoms with Gasteiger partial charge in [-0.25, -0.2) is 0 Å². The Balaban J connectivity index is 1.37. The lowest BCUT2D eigenvalue weighted by molar-refractivity contribution is 0.0371. The van der Waals surface area contributed by atoms with Crippen LogP contribution in [0.25, 0.3) is 0 Å². The number of ether oxygens (including phenoxy) is 2. The molecule has 0 N–H and O–H groups in total. The van der Waals surface area contributed by atoms with Gasteiger partial charge in [-0.15, -0.1) is 0 Å². The number of carbonyl (C=O) groups is 1. The molecule has 2 fully saturated rings. The number of hydrogen-bond acceptors (Lipinski definition) is 5. The predicted molar refractivity (Wildman–Crippen MR) is 103 cm³/mol. The Morgan fingerprint density at radius 3 is 2.69 bits per heavy atom. The van der Waals surface area contributed by atoms with Crippen molar-refractivity contribution in [1.29, 1.82) is 0 Å². The maximum Gasteiger partial charge on any atom is 0.176 e. The standard InChI is InChI=1S/C21H32N2O3/c1-2-19-5-3-10-23(19)11-4-14-26-20-8-6-18(7-9-20)21(24)17-22-12-15-25-16-13-22/h6-9,19H,2-5,10-17H2,1H3. The molecular weight excluding hydrogens is 328 g/mol. The summed E-state index contributed by atoms with van der Waals surface area (Å²) >= 11 is 0. The van der Waals surface area contributed by atoms with Gasteiger partial charge in [-0.2, -0.15) is 0 Å². The summed E-state index contributed by atoms with van der Waals surface area (Å²) < 4.78 is 11.2. The van der Waals surface area contributed by atoms with Gasteiger partial charge in [0.2, 0.25) is 0 Å². The van der Waals surface area contributed by atoms with Crippen LogP contribution in [0.4, 0.5) is 0 Å². The predicted octanol–water partition coefficient (Wildman–Crippen LogP) is 2.84. The maximum atomic E-state index is 12.4. The highest BCUT2D eigenvalue weighted by Crippen LogP contribution is 2.20. The first-order valence-electron chi connectivity index (χ1n) is 10.1. The van der Waals surface area contributed by atoms with E-state index in [-0.39, 0.29) is 5.78 Å². The molecule has 0 amide bonds. The molecule has 1 atom stereocenters. The number of likely N-dealkylation sites (tertiary alicyclic amines) is 1. The van der Waals surface area contributed by atoms with E-state index in [1.54, 1.807) is 0 Å². The van der Waals surface area contributed by atoms with E-state index in [1.165, 1.54) is 25.8 Å². The largest absolute Gasteiger partial charge is 0.494 e. The summed E-state index contributed by atoms with van der Waals surface area (Å²) in [6, 6.07) is 8.36. The zero-order valence-electron chi connectivity index (χ0n) is 16.0. The third-order valence-electron chi connectivity index (χ3n) is 5.48. The average molecular weight is 360 g/mol. The van der Waals surface area contributed by atoms with Crippen LogP contribution in [0.3, 0.4) is 0 Å². The number of Topliss-reactive ketones (excluding diaryl/α,β-unsaturated/α-hetero) is 1. The summed E-state index contributed by atoms with van der Waals surface area (Å²) in [5, 5.41) is 0. The lowest BCUT2D eigenvalue weighted by Gasteiger charge is -2.25. The fourth-order valence-corrected chi connectivity index (χ4v) is 3.90. The lowest BCUT2D eigenvalue weighted by atomic mass is 10.1. The molecule has 0 bridgehead atoms. The van der Waals surface area contributed by atoms with Gasteiger partial charge in [0, 0.05) is 31.2 Å². The fourth-order valence-electron chi connectivity index (χ4n) is 3.90. The number of nitrogens with zero attached hydrogens (tertiary/aromatic N) is 2. The molecule has 5 nitrogen and oxygen atoms in total. The van der Waals surface area contributed by atoms with Crippen molar-refractivity contribution in [3.63, 3.8) is 0 Å². The van der Waals surface area contributed by atoms with Gasteiger partial charge in [0.15, 0.2) is 5.78 Å². The van der Waals surface area contributed by atoms with E-state index in [0.717, 1.165) is 63.2 Å². The van der Waals surface area contributed by atoms with Gasteiger partial charge in [-0.1, -0.05) is 6.92 Å². The SMILES string of the molecule is CCC1CCCN1CCCOc1ccc(C(=O)CN2CCOCC2)cc1. The quantitative estimate of drug-likeness (QED) is 0.500. The first-order chi connectivity index (χ1) is 12.8. The summed E-state index contributed by atoms with van der Waals surface area (Å²) in [5.41, 5.74) is 0.756. The van der Waals surface area contributed by atoms with Gasteiger partial charge in [-0.05, 0) is 56.5 Å². The van der Waals surface area contributed by atoms with Crippen molar-refractivity contribution >= 4 is 5.78 Å². The Labute approximate surface area is 157 Å². The van der Waals surface area contributed by atoms with Gasteiger partial charge in [0.25, 0.3) is 0 Å². The molecular formula is C21H32N2O3. The second-order valence-corrected chi connectivity index (χ2v) is 7.28.